The predicted octanol–water partition coefficient (Wildman–Crippen LogP) is 7.07. The lowest BCUT2D eigenvalue weighted by atomic mass is 9.94. The third-order valence-corrected chi connectivity index (χ3v) is 5.09. The smallest absolute Gasteiger partial charge is 0.0751 e. The summed E-state index contributed by atoms with van der Waals surface area (Å²) < 4.78 is 0. The summed E-state index contributed by atoms with van der Waals surface area (Å²) in [6.45, 7) is 0. The summed E-state index contributed by atoms with van der Waals surface area (Å²) in [6, 6.07) is 36.3. The number of para-hydroxylation sites is 1. The maximum absolute atomic E-state index is 5.09. The monoisotopic (exact) mass is 381 g/mol. The lowest BCUT2D eigenvalue weighted by molar-refractivity contribution is 1.17. The van der Waals surface area contributed by atoms with E-state index in [-0.39, 0.29) is 12.4 Å². The number of rotatable bonds is 3. The van der Waals surface area contributed by atoms with E-state index in [1.807, 2.05) is 0 Å². The van der Waals surface area contributed by atoms with Gasteiger partial charge in [0.15, 0.2) is 0 Å². The van der Waals surface area contributed by atoms with E-state index < -0.39 is 0 Å². The predicted molar refractivity (Wildman–Crippen MR) is 121 cm³/mol. The third-order valence-electron chi connectivity index (χ3n) is 5.09. The normalized spacial score (nSPS) is 10.7. The van der Waals surface area contributed by atoms with Gasteiger partial charge in [0.05, 0.1) is 11.2 Å². The largest absolute Gasteiger partial charge is 0.247 e. The van der Waals surface area contributed by atoms with E-state index in [1.165, 1.54) is 32.8 Å². The molecule has 2 heteroatoms. The fourth-order valence-corrected chi connectivity index (χ4v) is 3.78. The molecule has 0 aliphatic rings. The average Bonchev–Trinajstić information content (AvgIpc) is 2.74. The van der Waals surface area contributed by atoms with E-state index in [4.69, 9.17) is 4.98 Å². The maximum Gasteiger partial charge on any atom is 0.0751 e. The SMILES string of the molecule is Cl.c1ccc(Cc2cc3ccccc3nc2-c2cccc3ccccc23)cc1. The van der Waals surface area contributed by atoms with Crippen molar-refractivity contribution in [2.45, 2.75) is 6.42 Å². The highest BCUT2D eigenvalue weighted by molar-refractivity contribution is 5.97. The quantitative estimate of drug-likeness (QED) is 0.325. The molecule has 4 aromatic carbocycles. The molecular weight excluding hydrogens is 362 g/mol. The van der Waals surface area contributed by atoms with Crippen LogP contribution in [-0.2, 0) is 6.42 Å². The summed E-state index contributed by atoms with van der Waals surface area (Å²) in [5.41, 5.74) is 5.88. The third kappa shape index (κ3) is 3.37. The second-order valence-corrected chi connectivity index (χ2v) is 6.88. The molecule has 0 fully saturated rings. The molecule has 1 heterocycles. The topological polar surface area (TPSA) is 12.9 Å². The molecule has 28 heavy (non-hydrogen) atoms. The highest BCUT2D eigenvalue weighted by atomic mass is 35.5. The number of pyridine rings is 1. The van der Waals surface area contributed by atoms with Crippen LogP contribution in [0.1, 0.15) is 11.1 Å². The lowest BCUT2D eigenvalue weighted by Crippen LogP contribution is -1.97. The number of hydrogen-bond acceptors (Lipinski definition) is 1. The van der Waals surface area contributed by atoms with Gasteiger partial charge in [-0.2, -0.15) is 0 Å². The van der Waals surface area contributed by atoms with Gasteiger partial charge in [-0.05, 0) is 40.5 Å². The molecule has 0 unspecified atom stereocenters. The van der Waals surface area contributed by atoms with E-state index in [0.717, 1.165) is 17.6 Å². The first kappa shape index (κ1) is 18.2. The molecule has 0 N–H and O–H groups in total. The van der Waals surface area contributed by atoms with E-state index in [1.54, 1.807) is 0 Å². The minimum Gasteiger partial charge on any atom is -0.247 e. The van der Waals surface area contributed by atoms with Crippen LogP contribution in [0, 0.1) is 0 Å². The summed E-state index contributed by atoms with van der Waals surface area (Å²) in [7, 11) is 0. The van der Waals surface area contributed by atoms with Crippen LogP contribution in [0.3, 0.4) is 0 Å². The second-order valence-electron chi connectivity index (χ2n) is 6.88. The molecule has 0 radical (unpaired) electrons. The van der Waals surface area contributed by atoms with Crippen LogP contribution >= 0.6 is 12.4 Å². The molecule has 0 saturated heterocycles. The number of aromatic nitrogens is 1. The summed E-state index contributed by atoms with van der Waals surface area (Å²) in [6.07, 6.45) is 0.872. The zero-order valence-corrected chi connectivity index (χ0v) is 16.2. The minimum atomic E-state index is 0. The number of halogens is 1. The standard InChI is InChI=1S/C26H19N.ClH/c1-2-9-19(10-3-1)17-22-18-21-12-5-7-16-25(21)27-26(22)24-15-8-13-20-11-4-6-14-23(20)24;/h1-16,18H,17H2;1H. The van der Waals surface area contributed by atoms with Crippen molar-refractivity contribution in [3.8, 4) is 11.3 Å². The molecule has 0 aliphatic heterocycles. The van der Waals surface area contributed by atoms with Crippen molar-refractivity contribution in [3.05, 3.63) is 114 Å². The zero-order valence-electron chi connectivity index (χ0n) is 15.4. The van der Waals surface area contributed by atoms with Crippen LogP contribution in [0.4, 0.5) is 0 Å². The van der Waals surface area contributed by atoms with E-state index in [0.29, 0.717) is 0 Å². The Morgan fingerprint density at radius 1 is 0.607 bits per heavy atom. The Kier molecular flexibility index (Phi) is 5.10. The van der Waals surface area contributed by atoms with Crippen molar-refractivity contribution >= 4 is 34.1 Å². The van der Waals surface area contributed by atoms with Crippen molar-refractivity contribution in [1.82, 2.24) is 4.98 Å². The summed E-state index contributed by atoms with van der Waals surface area (Å²) in [5.74, 6) is 0. The summed E-state index contributed by atoms with van der Waals surface area (Å²) in [5, 5.41) is 3.68. The zero-order chi connectivity index (χ0) is 18.1. The van der Waals surface area contributed by atoms with Crippen molar-refractivity contribution in [3.63, 3.8) is 0 Å². The van der Waals surface area contributed by atoms with Crippen LogP contribution < -0.4 is 0 Å². The van der Waals surface area contributed by atoms with Gasteiger partial charge in [-0.1, -0.05) is 91.0 Å². The molecular formula is C26H20ClN. The molecule has 1 nitrogen and oxygen atoms in total. The van der Waals surface area contributed by atoms with Gasteiger partial charge in [0.1, 0.15) is 0 Å². The van der Waals surface area contributed by atoms with E-state index >= 15 is 0 Å². The minimum absolute atomic E-state index is 0. The van der Waals surface area contributed by atoms with Crippen molar-refractivity contribution in [2.24, 2.45) is 0 Å². The van der Waals surface area contributed by atoms with Gasteiger partial charge >= 0.3 is 0 Å². The van der Waals surface area contributed by atoms with Gasteiger partial charge in [-0.25, -0.2) is 4.98 Å². The highest BCUT2D eigenvalue weighted by Crippen LogP contribution is 2.32. The fraction of sp³-hybridized carbons (Fsp3) is 0.0385. The maximum atomic E-state index is 5.09. The Bertz CT molecular complexity index is 1240. The molecule has 0 amide bonds. The number of benzene rings is 4. The van der Waals surface area contributed by atoms with Crippen LogP contribution in [-0.4, -0.2) is 4.98 Å². The fourth-order valence-electron chi connectivity index (χ4n) is 3.78. The molecule has 136 valence electrons. The molecule has 0 aliphatic carbocycles. The number of nitrogens with zero attached hydrogens (tertiary/aromatic N) is 1. The molecule has 0 atom stereocenters. The molecule has 5 rings (SSSR count). The summed E-state index contributed by atoms with van der Waals surface area (Å²) >= 11 is 0. The van der Waals surface area contributed by atoms with Gasteiger partial charge < -0.3 is 0 Å². The van der Waals surface area contributed by atoms with Crippen molar-refractivity contribution in [1.29, 1.82) is 0 Å². The number of fused-ring (bicyclic) bond motifs is 2. The molecule has 0 spiro atoms. The lowest BCUT2D eigenvalue weighted by Gasteiger charge is -2.13. The summed E-state index contributed by atoms with van der Waals surface area (Å²) in [4.78, 5) is 5.09. The molecule has 0 bridgehead atoms. The Hall–Kier alpha value is -3.16. The van der Waals surface area contributed by atoms with Crippen LogP contribution in [0.15, 0.2) is 103 Å². The van der Waals surface area contributed by atoms with Gasteiger partial charge in [0.2, 0.25) is 0 Å². The van der Waals surface area contributed by atoms with Gasteiger partial charge in [-0.3, -0.25) is 0 Å². The second kappa shape index (κ2) is 7.84. The Morgan fingerprint density at radius 3 is 2.14 bits per heavy atom. The average molecular weight is 382 g/mol. The van der Waals surface area contributed by atoms with E-state index in [9.17, 15) is 0 Å². The van der Waals surface area contributed by atoms with Crippen LogP contribution in [0.2, 0.25) is 0 Å². The Morgan fingerprint density at radius 2 is 1.29 bits per heavy atom. The van der Waals surface area contributed by atoms with Gasteiger partial charge in [0, 0.05) is 10.9 Å². The molecule has 1 aromatic heterocycles. The Labute approximate surface area is 171 Å². The molecule has 5 aromatic rings. The van der Waals surface area contributed by atoms with E-state index in [2.05, 4.69) is 103 Å². The number of hydrogen-bond donors (Lipinski definition) is 0. The van der Waals surface area contributed by atoms with Crippen LogP contribution in [0.5, 0.6) is 0 Å². The van der Waals surface area contributed by atoms with Gasteiger partial charge in [-0.15, -0.1) is 12.4 Å². The Balaban J connectivity index is 0.00000192. The first-order chi connectivity index (χ1) is 13.4. The highest BCUT2D eigenvalue weighted by Gasteiger charge is 2.12. The van der Waals surface area contributed by atoms with Crippen molar-refractivity contribution in [2.75, 3.05) is 0 Å². The molecule has 0 saturated carbocycles. The van der Waals surface area contributed by atoms with Crippen LogP contribution in [0.25, 0.3) is 32.9 Å². The first-order valence-electron chi connectivity index (χ1n) is 9.29. The first-order valence-corrected chi connectivity index (χ1v) is 9.29. The van der Waals surface area contributed by atoms with Crippen molar-refractivity contribution < 1.29 is 0 Å². The van der Waals surface area contributed by atoms with Gasteiger partial charge in [0.25, 0.3) is 0 Å².